The lowest BCUT2D eigenvalue weighted by Crippen LogP contribution is -2.03. The Morgan fingerprint density at radius 3 is 2.15 bits per heavy atom. The van der Waals surface area contributed by atoms with Crippen molar-refractivity contribution in [1.82, 2.24) is 0 Å². The van der Waals surface area contributed by atoms with E-state index in [0.717, 1.165) is 11.8 Å². The first-order valence-electron chi connectivity index (χ1n) is 5.83. The molecule has 0 aromatic carbocycles. The maximum absolute atomic E-state index is 2.52. The molecule has 70 valence electrons. The summed E-state index contributed by atoms with van der Waals surface area (Å²) in [6.45, 7) is 0. The molecule has 0 N–H and O–H groups in total. The van der Waals surface area contributed by atoms with Crippen molar-refractivity contribution in [1.29, 1.82) is 0 Å². The average Bonchev–Trinajstić information content (AvgIpc) is 2.78. The predicted octanol–water partition coefficient (Wildman–Crippen LogP) is 3.70. The van der Waals surface area contributed by atoms with Gasteiger partial charge in [-0.2, -0.15) is 0 Å². The molecule has 0 nitrogen and oxygen atoms in total. The SMILES string of the molecule is [CH]1CC[CH]C(=C2C3CCC2CC3)C1. The number of rotatable bonds is 0. The molecule has 3 fully saturated rings. The minimum absolute atomic E-state index is 1.00. The van der Waals surface area contributed by atoms with Crippen molar-refractivity contribution in [2.45, 2.75) is 44.9 Å². The van der Waals surface area contributed by atoms with Gasteiger partial charge >= 0.3 is 0 Å². The predicted molar refractivity (Wildman–Crippen MR) is 54.9 cm³/mol. The molecule has 0 aliphatic heterocycles. The molecule has 0 aromatic rings. The third-order valence-corrected chi connectivity index (χ3v) is 4.10. The third kappa shape index (κ3) is 1.26. The van der Waals surface area contributed by atoms with Crippen molar-refractivity contribution >= 4 is 0 Å². The molecule has 0 heteroatoms. The van der Waals surface area contributed by atoms with Crippen LogP contribution in [0.1, 0.15) is 44.9 Å². The minimum atomic E-state index is 1.00. The van der Waals surface area contributed by atoms with Crippen molar-refractivity contribution < 1.29 is 0 Å². The Balaban J connectivity index is 1.89. The van der Waals surface area contributed by atoms with Crippen LogP contribution in [0.2, 0.25) is 0 Å². The molecule has 0 atom stereocenters. The minimum Gasteiger partial charge on any atom is -0.0665 e. The molecular weight excluding hydrogens is 156 g/mol. The zero-order valence-electron chi connectivity index (χ0n) is 8.26. The largest absolute Gasteiger partial charge is 0.0665 e. The summed E-state index contributed by atoms with van der Waals surface area (Å²) in [5.74, 6) is 2.01. The standard InChI is InChI=1S/C13H18/c1-2-4-10(5-3-1)13-11-6-7-12(13)9-8-11/h2,5,11-12H,1,3-4,6-9H2. The van der Waals surface area contributed by atoms with E-state index >= 15 is 0 Å². The first-order chi connectivity index (χ1) is 6.45. The van der Waals surface area contributed by atoms with E-state index in [2.05, 4.69) is 12.8 Å². The van der Waals surface area contributed by atoms with Gasteiger partial charge in [0.05, 0.1) is 0 Å². The van der Waals surface area contributed by atoms with Crippen molar-refractivity contribution in [2.24, 2.45) is 11.8 Å². The fourth-order valence-electron chi connectivity index (χ4n) is 3.53. The van der Waals surface area contributed by atoms with Crippen LogP contribution in [-0.4, -0.2) is 0 Å². The molecule has 0 saturated heterocycles. The van der Waals surface area contributed by atoms with Gasteiger partial charge in [0, 0.05) is 0 Å². The van der Waals surface area contributed by atoms with Crippen LogP contribution >= 0.6 is 0 Å². The molecule has 3 rings (SSSR count). The van der Waals surface area contributed by atoms with Crippen LogP contribution in [0.3, 0.4) is 0 Å². The molecular formula is C13H18. The van der Waals surface area contributed by atoms with E-state index in [4.69, 9.17) is 0 Å². The lowest BCUT2D eigenvalue weighted by atomic mass is 9.87. The molecule has 0 unspecified atom stereocenters. The fourth-order valence-corrected chi connectivity index (χ4v) is 3.53. The van der Waals surface area contributed by atoms with Gasteiger partial charge in [-0.1, -0.05) is 11.1 Å². The van der Waals surface area contributed by atoms with Gasteiger partial charge in [0.1, 0.15) is 0 Å². The van der Waals surface area contributed by atoms with Crippen LogP contribution < -0.4 is 0 Å². The topological polar surface area (TPSA) is 0 Å². The molecule has 2 bridgehead atoms. The number of hydrogen-bond donors (Lipinski definition) is 0. The summed E-state index contributed by atoms with van der Waals surface area (Å²) < 4.78 is 0. The van der Waals surface area contributed by atoms with Crippen LogP contribution in [0, 0.1) is 24.7 Å². The van der Waals surface area contributed by atoms with Gasteiger partial charge in [0.25, 0.3) is 0 Å². The summed E-state index contributed by atoms with van der Waals surface area (Å²) in [4.78, 5) is 0. The maximum Gasteiger partial charge on any atom is -0.0134 e. The quantitative estimate of drug-likeness (QED) is 0.525. The van der Waals surface area contributed by atoms with Crippen LogP contribution in [0.5, 0.6) is 0 Å². The lowest BCUT2D eigenvalue weighted by Gasteiger charge is -2.18. The average molecular weight is 174 g/mol. The molecule has 3 aliphatic rings. The highest BCUT2D eigenvalue weighted by Crippen LogP contribution is 2.51. The van der Waals surface area contributed by atoms with Gasteiger partial charge in [-0.25, -0.2) is 0 Å². The molecule has 2 radical (unpaired) electrons. The van der Waals surface area contributed by atoms with E-state index in [1.807, 2.05) is 5.57 Å². The summed E-state index contributed by atoms with van der Waals surface area (Å²) >= 11 is 0. The Labute approximate surface area is 81.4 Å². The maximum atomic E-state index is 2.52. The Morgan fingerprint density at radius 1 is 0.923 bits per heavy atom. The number of fused-ring (bicyclic) bond motifs is 2. The number of hydrogen-bond acceptors (Lipinski definition) is 0. The van der Waals surface area contributed by atoms with Crippen LogP contribution in [0.25, 0.3) is 0 Å². The fraction of sp³-hybridized carbons (Fsp3) is 0.692. The zero-order chi connectivity index (χ0) is 8.67. The lowest BCUT2D eigenvalue weighted by molar-refractivity contribution is 0.480. The van der Waals surface area contributed by atoms with Crippen molar-refractivity contribution in [3.8, 4) is 0 Å². The van der Waals surface area contributed by atoms with Gasteiger partial charge in [0.15, 0.2) is 0 Å². The van der Waals surface area contributed by atoms with E-state index in [0.29, 0.717) is 0 Å². The van der Waals surface area contributed by atoms with Crippen LogP contribution in [-0.2, 0) is 0 Å². The summed E-state index contributed by atoms with van der Waals surface area (Å²) in [7, 11) is 0. The molecule has 3 aliphatic carbocycles. The van der Waals surface area contributed by atoms with Gasteiger partial charge in [0.2, 0.25) is 0 Å². The third-order valence-electron chi connectivity index (χ3n) is 4.10. The van der Waals surface area contributed by atoms with E-state index in [1.54, 1.807) is 5.57 Å². The highest BCUT2D eigenvalue weighted by atomic mass is 14.4. The second-order valence-corrected chi connectivity index (χ2v) is 4.80. The molecule has 3 saturated carbocycles. The Hall–Kier alpha value is -0.260. The van der Waals surface area contributed by atoms with Crippen molar-refractivity contribution in [3.63, 3.8) is 0 Å². The Kier molecular flexibility index (Phi) is 1.96. The van der Waals surface area contributed by atoms with E-state index in [9.17, 15) is 0 Å². The summed E-state index contributed by atoms with van der Waals surface area (Å²) in [5, 5.41) is 0. The van der Waals surface area contributed by atoms with Crippen LogP contribution in [0.15, 0.2) is 11.1 Å². The number of allylic oxidation sites excluding steroid dienone is 2. The normalized spacial score (nSPS) is 38.8. The highest BCUT2D eigenvalue weighted by molar-refractivity contribution is 5.33. The van der Waals surface area contributed by atoms with Gasteiger partial charge < -0.3 is 0 Å². The van der Waals surface area contributed by atoms with E-state index < -0.39 is 0 Å². The summed E-state index contributed by atoms with van der Waals surface area (Å²) in [6, 6.07) is 0. The molecule has 0 aromatic heterocycles. The zero-order valence-corrected chi connectivity index (χ0v) is 8.26. The van der Waals surface area contributed by atoms with Gasteiger partial charge in [-0.3, -0.25) is 0 Å². The van der Waals surface area contributed by atoms with Gasteiger partial charge in [-0.05, 0) is 69.6 Å². The highest BCUT2D eigenvalue weighted by Gasteiger charge is 2.38. The summed E-state index contributed by atoms with van der Waals surface area (Å²) in [5.41, 5.74) is 3.62. The molecule has 0 spiro atoms. The Bertz CT molecular complexity index is 206. The van der Waals surface area contributed by atoms with Crippen LogP contribution in [0.4, 0.5) is 0 Å². The van der Waals surface area contributed by atoms with Crippen molar-refractivity contribution in [2.75, 3.05) is 0 Å². The second kappa shape index (κ2) is 3.15. The van der Waals surface area contributed by atoms with Gasteiger partial charge in [-0.15, -0.1) is 0 Å². The van der Waals surface area contributed by atoms with E-state index in [1.165, 1.54) is 44.9 Å². The van der Waals surface area contributed by atoms with Crippen molar-refractivity contribution in [3.05, 3.63) is 24.0 Å². The monoisotopic (exact) mass is 174 g/mol. The molecule has 0 heterocycles. The first-order valence-corrected chi connectivity index (χ1v) is 5.83. The Morgan fingerprint density at radius 2 is 1.62 bits per heavy atom. The molecule has 0 amide bonds. The smallest absolute Gasteiger partial charge is 0.0134 e. The first kappa shape index (κ1) is 8.08. The second-order valence-electron chi connectivity index (χ2n) is 4.80. The molecule has 13 heavy (non-hydrogen) atoms. The van der Waals surface area contributed by atoms with E-state index in [-0.39, 0.29) is 0 Å². The summed E-state index contributed by atoms with van der Waals surface area (Å²) in [6.07, 6.45) is 14.9.